The van der Waals surface area contributed by atoms with E-state index in [4.69, 9.17) is 4.74 Å². The van der Waals surface area contributed by atoms with Gasteiger partial charge >= 0.3 is 5.97 Å². The number of nitrogens with one attached hydrogen (secondary N) is 1. The minimum Gasteiger partial charge on any atom is -0.455 e. The van der Waals surface area contributed by atoms with Crippen LogP contribution in [0.25, 0.3) is 0 Å². The van der Waals surface area contributed by atoms with Crippen molar-refractivity contribution in [2.24, 2.45) is 5.92 Å². The van der Waals surface area contributed by atoms with Crippen LogP contribution in [0.2, 0.25) is 0 Å². The molecule has 0 unspecified atom stereocenters. The molecule has 1 saturated heterocycles. The molecule has 3 amide bonds. The molecule has 2 aromatic carbocycles. The van der Waals surface area contributed by atoms with Crippen LogP contribution >= 0.6 is 0 Å². The zero-order valence-electron chi connectivity index (χ0n) is 17.2. The Morgan fingerprint density at radius 2 is 1.84 bits per heavy atom. The second-order valence-electron chi connectivity index (χ2n) is 7.58. The fourth-order valence-corrected chi connectivity index (χ4v) is 3.81. The van der Waals surface area contributed by atoms with E-state index in [1.165, 1.54) is 4.90 Å². The number of nitrogens with zero attached hydrogens (tertiary/aromatic N) is 2. The van der Waals surface area contributed by atoms with Crippen LogP contribution in [0.3, 0.4) is 0 Å². The fourth-order valence-electron chi connectivity index (χ4n) is 3.81. The largest absolute Gasteiger partial charge is 0.455 e. The highest BCUT2D eigenvalue weighted by molar-refractivity contribution is 6.10. The van der Waals surface area contributed by atoms with Crippen LogP contribution in [0.5, 0.6) is 0 Å². The van der Waals surface area contributed by atoms with Crippen LogP contribution in [-0.4, -0.2) is 43.4 Å². The van der Waals surface area contributed by atoms with Gasteiger partial charge in [-0.15, -0.1) is 0 Å². The van der Waals surface area contributed by atoms with E-state index < -0.39 is 24.4 Å². The van der Waals surface area contributed by atoms with Crippen LogP contribution in [0.1, 0.15) is 18.9 Å². The van der Waals surface area contributed by atoms with Gasteiger partial charge in [0.1, 0.15) is 6.54 Å². The van der Waals surface area contributed by atoms with Crippen LogP contribution in [0, 0.1) is 5.92 Å². The van der Waals surface area contributed by atoms with Gasteiger partial charge in [-0.25, -0.2) is 0 Å². The summed E-state index contributed by atoms with van der Waals surface area (Å²) in [7, 11) is 0. The molecule has 8 nitrogen and oxygen atoms in total. The van der Waals surface area contributed by atoms with Gasteiger partial charge in [0.25, 0.3) is 5.91 Å². The van der Waals surface area contributed by atoms with Crippen molar-refractivity contribution in [3.8, 4) is 0 Å². The number of esters is 1. The number of carbonyl (C=O) groups excluding carboxylic acids is 4. The normalized spacial score (nSPS) is 17.9. The van der Waals surface area contributed by atoms with Gasteiger partial charge < -0.3 is 15.0 Å². The molecule has 31 heavy (non-hydrogen) atoms. The maximum absolute atomic E-state index is 12.6. The number of hydrogen-bond donors (Lipinski definition) is 1. The van der Waals surface area contributed by atoms with Gasteiger partial charge in [0.2, 0.25) is 11.8 Å². The molecular weight excluding hydrogens is 398 g/mol. The van der Waals surface area contributed by atoms with E-state index in [2.05, 4.69) is 12.2 Å². The molecule has 8 heteroatoms. The van der Waals surface area contributed by atoms with Crippen LogP contribution < -0.4 is 15.1 Å². The van der Waals surface area contributed by atoms with E-state index in [1.54, 1.807) is 29.2 Å². The third kappa shape index (κ3) is 4.28. The molecule has 0 bridgehead atoms. The molecule has 1 N–H and O–H groups in total. The highest BCUT2D eigenvalue weighted by atomic mass is 16.5. The molecule has 160 valence electrons. The molecule has 1 atom stereocenters. The van der Waals surface area contributed by atoms with E-state index >= 15 is 0 Å². The molecule has 0 radical (unpaired) electrons. The molecular formula is C23H23N3O5. The van der Waals surface area contributed by atoms with Crippen LogP contribution in [-0.2, 0) is 30.3 Å². The predicted octanol–water partition coefficient (Wildman–Crippen LogP) is 2.13. The second kappa shape index (κ2) is 8.59. The van der Waals surface area contributed by atoms with Crippen molar-refractivity contribution in [2.75, 3.05) is 34.8 Å². The number of amides is 3. The molecule has 4 rings (SSSR count). The second-order valence-corrected chi connectivity index (χ2v) is 7.58. The summed E-state index contributed by atoms with van der Waals surface area (Å²) in [5, 5.41) is 2.70. The van der Waals surface area contributed by atoms with Crippen molar-refractivity contribution in [3.63, 3.8) is 0 Å². The van der Waals surface area contributed by atoms with E-state index in [-0.39, 0.29) is 31.3 Å². The van der Waals surface area contributed by atoms with E-state index in [0.29, 0.717) is 11.4 Å². The average Bonchev–Trinajstić information content (AvgIpc) is 3.18. The zero-order valence-corrected chi connectivity index (χ0v) is 17.2. The van der Waals surface area contributed by atoms with Crippen molar-refractivity contribution >= 4 is 40.8 Å². The first-order valence-electron chi connectivity index (χ1n) is 10.2. The molecule has 0 saturated carbocycles. The Kier molecular flexibility index (Phi) is 5.70. The third-order valence-corrected chi connectivity index (χ3v) is 5.52. The summed E-state index contributed by atoms with van der Waals surface area (Å²) in [5.74, 6) is -2.19. The van der Waals surface area contributed by atoms with Crippen molar-refractivity contribution in [3.05, 3.63) is 54.1 Å². The smallest absolute Gasteiger partial charge is 0.311 e. The number of aryl methyl sites for hydroxylation is 1. The summed E-state index contributed by atoms with van der Waals surface area (Å²) in [4.78, 5) is 52.3. The quantitative estimate of drug-likeness (QED) is 0.746. The summed E-state index contributed by atoms with van der Waals surface area (Å²) >= 11 is 0. The van der Waals surface area contributed by atoms with E-state index in [1.807, 2.05) is 24.3 Å². The summed E-state index contributed by atoms with van der Waals surface area (Å²) in [6.07, 6.45) is 0.942. The minimum atomic E-state index is -0.636. The maximum atomic E-state index is 12.6. The number of carbonyl (C=O) groups is 4. The van der Waals surface area contributed by atoms with Gasteiger partial charge in [0.05, 0.1) is 17.3 Å². The van der Waals surface area contributed by atoms with E-state index in [9.17, 15) is 19.2 Å². The molecule has 0 spiro atoms. The van der Waals surface area contributed by atoms with Gasteiger partial charge in [0.15, 0.2) is 6.61 Å². The average molecular weight is 421 g/mol. The Morgan fingerprint density at radius 1 is 1.10 bits per heavy atom. The van der Waals surface area contributed by atoms with Gasteiger partial charge in [0, 0.05) is 18.7 Å². The lowest BCUT2D eigenvalue weighted by molar-refractivity contribution is -0.151. The summed E-state index contributed by atoms with van der Waals surface area (Å²) in [6, 6.07) is 14.6. The molecule has 2 heterocycles. The summed E-state index contributed by atoms with van der Waals surface area (Å²) in [5.41, 5.74) is 2.99. The van der Waals surface area contributed by atoms with Crippen molar-refractivity contribution < 1.29 is 23.9 Å². The first-order chi connectivity index (χ1) is 15.0. The van der Waals surface area contributed by atoms with Crippen molar-refractivity contribution in [2.45, 2.75) is 19.8 Å². The molecule has 2 aromatic rings. The highest BCUT2D eigenvalue weighted by Gasteiger charge is 2.37. The number of hydrogen-bond acceptors (Lipinski definition) is 5. The fraction of sp³-hybridized carbons (Fsp3) is 0.304. The highest BCUT2D eigenvalue weighted by Crippen LogP contribution is 2.29. The molecule has 0 aliphatic carbocycles. The summed E-state index contributed by atoms with van der Waals surface area (Å²) < 4.78 is 5.22. The van der Waals surface area contributed by atoms with Gasteiger partial charge in [-0.2, -0.15) is 0 Å². The first kappa shape index (κ1) is 20.6. The van der Waals surface area contributed by atoms with Gasteiger partial charge in [-0.3, -0.25) is 24.1 Å². The topological polar surface area (TPSA) is 96.0 Å². The lowest BCUT2D eigenvalue weighted by Gasteiger charge is -2.29. The lowest BCUT2D eigenvalue weighted by atomic mass is 10.1. The standard InChI is InChI=1S/C23H23N3O5/c1-2-15-7-9-17(10-8-15)25-12-16(11-21(25)28)23(30)31-14-22(29)26-13-20(27)24-18-5-3-4-6-19(18)26/h3-10,16H,2,11-14H2,1H3,(H,24,27)/t16-/m0/s1. The number of para-hydroxylation sites is 2. The zero-order chi connectivity index (χ0) is 22.0. The van der Waals surface area contributed by atoms with E-state index in [0.717, 1.165) is 17.7 Å². The van der Waals surface area contributed by atoms with Crippen molar-refractivity contribution in [1.82, 2.24) is 0 Å². The molecule has 0 aromatic heterocycles. The number of ether oxygens (including phenoxy) is 1. The monoisotopic (exact) mass is 421 g/mol. The molecule has 2 aliphatic rings. The number of benzene rings is 2. The Hall–Kier alpha value is -3.68. The predicted molar refractivity (Wildman–Crippen MR) is 115 cm³/mol. The maximum Gasteiger partial charge on any atom is 0.311 e. The van der Waals surface area contributed by atoms with Gasteiger partial charge in [-0.05, 0) is 36.2 Å². The van der Waals surface area contributed by atoms with Crippen molar-refractivity contribution in [1.29, 1.82) is 0 Å². The number of rotatable bonds is 5. The Morgan fingerprint density at radius 3 is 2.58 bits per heavy atom. The summed E-state index contributed by atoms with van der Waals surface area (Å²) in [6.45, 7) is 1.64. The molecule has 1 fully saturated rings. The number of fused-ring (bicyclic) bond motifs is 1. The Balaban J connectivity index is 1.36. The lowest BCUT2D eigenvalue weighted by Crippen LogP contribution is -2.44. The number of anilines is 3. The Labute approximate surface area is 179 Å². The third-order valence-electron chi connectivity index (χ3n) is 5.52. The molecule has 2 aliphatic heterocycles. The SMILES string of the molecule is CCc1ccc(N2C[C@@H](C(=O)OCC(=O)N3CC(=O)Nc4ccccc43)CC2=O)cc1. The van der Waals surface area contributed by atoms with Crippen LogP contribution in [0.4, 0.5) is 17.1 Å². The minimum absolute atomic E-state index is 0.0392. The van der Waals surface area contributed by atoms with Gasteiger partial charge in [-0.1, -0.05) is 31.2 Å². The Bertz CT molecular complexity index is 1030. The van der Waals surface area contributed by atoms with Crippen LogP contribution in [0.15, 0.2) is 48.5 Å². The first-order valence-corrected chi connectivity index (χ1v) is 10.2.